The zero-order valence-corrected chi connectivity index (χ0v) is 8.14. The van der Waals surface area contributed by atoms with Gasteiger partial charge in [0.25, 0.3) is 0 Å². The van der Waals surface area contributed by atoms with Gasteiger partial charge in [0.15, 0.2) is 0 Å². The lowest BCUT2D eigenvalue weighted by Gasteiger charge is -2.17. The highest BCUT2D eigenvalue weighted by atomic mass is 16.4. The Hall–Kier alpha value is -1.12. The van der Waals surface area contributed by atoms with Gasteiger partial charge in [0, 0.05) is 5.92 Å². The number of rotatable bonds is 2. The van der Waals surface area contributed by atoms with Crippen molar-refractivity contribution in [3.63, 3.8) is 0 Å². The van der Waals surface area contributed by atoms with Crippen molar-refractivity contribution in [1.29, 1.82) is 0 Å². The Morgan fingerprint density at radius 3 is 2.64 bits per heavy atom. The van der Waals surface area contributed by atoms with Crippen LogP contribution in [-0.4, -0.2) is 16.9 Å². The van der Waals surface area contributed by atoms with Gasteiger partial charge in [-0.1, -0.05) is 12.2 Å². The van der Waals surface area contributed by atoms with Crippen molar-refractivity contribution in [2.75, 3.05) is 0 Å². The van der Waals surface area contributed by atoms with E-state index in [0.717, 1.165) is 12.8 Å². The van der Waals surface area contributed by atoms with Crippen LogP contribution in [0.3, 0.4) is 0 Å². The molecule has 2 aliphatic carbocycles. The van der Waals surface area contributed by atoms with E-state index in [1.165, 1.54) is 6.92 Å². The maximum absolute atomic E-state index is 11.4. The molecule has 3 nitrogen and oxygen atoms in total. The van der Waals surface area contributed by atoms with E-state index in [9.17, 15) is 9.59 Å². The standard InChI is InChI=1S/C11H14O3/c1-6(12)9-7-3-2-4-8(5-7)10(9)11(13)14/h2-3,7-10H,4-5H2,1H3,(H,13,14). The first-order chi connectivity index (χ1) is 6.61. The number of hydrogen-bond acceptors (Lipinski definition) is 2. The van der Waals surface area contributed by atoms with Crippen LogP contribution in [0.2, 0.25) is 0 Å². The van der Waals surface area contributed by atoms with Gasteiger partial charge in [0.05, 0.1) is 5.92 Å². The van der Waals surface area contributed by atoms with Crippen LogP contribution in [0.5, 0.6) is 0 Å². The minimum absolute atomic E-state index is 0.0245. The van der Waals surface area contributed by atoms with E-state index in [0.29, 0.717) is 0 Å². The Labute approximate surface area is 82.8 Å². The first-order valence-electron chi connectivity index (χ1n) is 5.01. The minimum Gasteiger partial charge on any atom is -0.481 e. The molecule has 2 bridgehead atoms. The SMILES string of the molecule is CC(=O)C1C2C=CCC(C2)C1C(=O)O. The van der Waals surface area contributed by atoms with E-state index in [-0.39, 0.29) is 23.5 Å². The number of carboxylic acid groups (broad SMARTS) is 1. The molecule has 4 atom stereocenters. The van der Waals surface area contributed by atoms with Gasteiger partial charge in [-0.15, -0.1) is 0 Å². The predicted octanol–water partition coefficient (Wildman–Crippen LogP) is 1.49. The molecule has 0 aliphatic heterocycles. The molecule has 0 aromatic heterocycles. The summed E-state index contributed by atoms with van der Waals surface area (Å²) in [7, 11) is 0. The molecule has 1 N–H and O–H groups in total. The van der Waals surface area contributed by atoms with Crippen LogP contribution in [0, 0.1) is 23.7 Å². The lowest BCUT2D eigenvalue weighted by Crippen LogP contribution is -2.29. The molecule has 3 heteroatoms. The third-order valence-corrected chi connectivity index (χ3v) is 3.51. The van der Waals surface area contributed by atoms with Crippen LogP contribution in [0.1, 0.15) is 19.8 Å². The predicted molar refractivity (Wildman–Crippen MR) is 50.7 cm³/mol. The quantitative estimate of drug-likeness (QED) is 0.677. The van der Waals surface area contributed by atoms with Crippen molar-refractivity contribution in [2.24, 2.45) is 23.7 Å². The first-order valence-corrected chi connectivity index (χ1v) is 5.01. The zero-order chi connectivity index (χ0) is 10.3. The van der Waals surface area contributed by atoms with Crippen molar-refractivity contribution in [2.45, 2.75) is 19.8 Å². The van der Waals surface area contributed by atoms with Crippen LogP contribution in [-0.2, 0) is 9.59 Å². The van der Waals surface area contributed by atoms with Crippen LogP contribution in [0.25, 0.3) is 0 Å². The highest BCUT2D eigenvalue weighted by molar-refractivity contribution is 5.86. The molecular formula is C11H14O3. The fourth-order valence-corrected chi connectivity index (χ4v) is 2.98. The van der Waals surface area contributed by atoms with Gasteiger partial charge in [-0.25, -0.2) is 0 Å². The third-order valence-electron chi connectivity index (χ3n) is 3.51. The summed E-state index contributed by atoms with van der Waals surface area (Å²) in [5.41, 5.74) is 0. The summed E-state index contributed by atoms with van der Waals surface area (Å²) in [5, 5.41) is 9.10. The van der Waals surface area contributed by atoms with Crippen LogP contribution in [0.15, 0.2) is 12.2 Å². The molecule has 4 unspecified atom stereocenters. The Morgan fingerprint density at radius 1 is 1.36 bits per heavy atom. The van der Waals surface area contributed by atoms with Crippen molar-refractivity contribution < 1.29 is 14.7 Å². The van der Waals surface area contributed by atoms with Gasteiger partial charge in [0.2, 0.25) is 0 Å². The summed E-state index contributed by atoms with van der Waals surface area (Å²) in [4.78, 5) is 22.5. The van der Waals surface area contributed by atoms with Gasteiger partial charge in [-0.3, -0.25) is 9.59 Å². The summed E-state index contributed by atoms with van der Waals surface area (Å²) >= 11 is 0. The molecule has 0 heterocycles. The van der Waals surface area contributed by atoms with Crippen molar-refractivity contribution in [3.05, 3.63) is 12.2 Å². The maximum atomic E-state index is 11.4. The highest BCUT2D eigenvalue weighted by Gasteiger charge is 2.49. The number of carbonyl (C=O) groups excluding carboxylic acids is 1. The number of carboxylic acids is 1. The summed E-state index contributed by atoms with van der Waals surface area (Å²) in [6, 6.07) is 0. The average Bonchev–Trinajstić information content (AvgIpc) is 2.37. The number of Topliss-reactive ketones (excluding diaryl/α,β-unsaturated/α-hetero) is 1. The fourth-order valence-electron chi connectivity index (χ4n) is 2.98. The van der Waals surface area contributed by atoms with E-state index in [4.69, 9.17) is 5.11 Å². The van der Waals surface area contributed by atoms with Gasteiger partial charge < -0.3 is 5.11 Å². The molecule has 0 aromatic rings. The summed E-state index contributed by atoms with van der Waals surface area (Å²) in [6.45, 7) is 1.51. The molecule has 0 aromatic carbocycles. The second-order valence-electron chi connectivity index (χ2n) is 4.32. The number of fused-ring (bicyclic) bond motifs is 2. The number of aliphatic carboxylic acids is 1. The maximum Gasteiger partial charge on any atom is 0.307 e. The zero-order valence-electron chi connectivity index (χ0n) is 8.14. The molecule has 2 aliphatic rings. The Balaban J connectivity index is 2.32. The van der Waals surface area contributed by atoms with Crippen molar-refractivity contribution in [3.8, 4) is 0 Å². The molecular weight excluding hydrogens is 180 g/mol. The molecule has 0 amide bonds. The lowest BCUT2D eigenvalue weighted by atomic mass is 9.85. The van der Waals surface area contributed by atoms with Gasteiger partial charge in [-0.2, -0.15) is 0 Å². The molecule has 0 radical (unpaired) electrons. The fraction of sp³-hybridized carbons (Fsp3) is 0.636. The van der Waals surface area contributed by atoms with Gasteiger partial charge in [-0.05, 0) is 31.6 Å². The molecule has 14 heavy (non-hydrogen) atoms. The van der Waals surface area contributed by atoms with E-state index >= 15 is 0 Å². The molecule has 2 rings (SSSR count). The van der Waals surface area contributed by atoms with E-state index < -0.39 is 11.9 Å². The summed E-state index contributed by atoms with van der Waals surface area (Å²) < 4.78 is 0. The number of ketones is 1. The number of allylic oxidation sites excluding steroid dienone is 2. The number of carbonyl (C=O) groups is 2. The third kappa shape index (κ3) is 1.27. The minimum atomic E-state index is -0.804. The second kappa shape index (κ2) is 3.23. The largest absolute Gasteiger partial charge is 0.481 e. The Morgan fingerprint density at radius 2 is 2.07 bits per heavy atom. The molecule has 0 spiro atoms. The van der Waals surface area contributed by atoms with Gasteiger partial charge in [0.1, 0.15) is 5.78 Å². The first kappa shape index (κ1) is 9.44. The van der Waals surface area contributed by atoms with Crippen molar-refractivity contribution in [1.82, 2.24) is 0 Å². The molecule has 0 saturated heterocycles. The topological polar surface area (TPSA) is 54.4 Å². The van der Waals surface area contributed by atoms with E-state index in [2.05, 4.69) is 0 Å². The second-order valence-corrected chi connectivity index (χ2v) is 4.32. The summed E-state index contributed by atoms with van der Waals surface area (Å²) in [5.74, 6) is -1.16. The lowest BCUT2D eigenvalue weighted by molar-refractivity contribution is -0.147. The molecule has 1 saturated carbocycles. The van der Waals surface area contributed by atoms with E-state index in [1.807, 2.05) is 12.2 Å². The van der Waals surface area contributed by atoms with E-state index in [1.54, 1.807) is 0 Å². The van der Waals surface area contributed by atoms with Crippen molar-refractivity contribution >= 4 is 11.8 Å². The van der Waals surface area contributed by atoms with Crippen LogP contribution < -0.4 is 0 Å². The Kier molecular flexibility index (Phi) is 2.17. The highest BCUT2D eigenvalue weighted by Crippen LogP contribution is 2.47. The monoisotopic (exact) mass is 194 g/mol. The molecule has 76 valence electrons. The normalized spacial score (nSPS) is 39.8. The Bertz CT molecular complexity index is 306. The van der Waals surface area contributed by atoms with Crippen LogP contribution in [0.4, 0.5) is 0 Å². The average molecular weight is 194 g/mol. The molecule has 1 fully saturated rings. The summed E-state index contributed by atoms with van der Waals surface area (Å²) in [6.07, 6.45) is 5.73. The van der Waals surface area contributed by atoms with Crippen LogP contribution >= 0.6 is 0 Å². The van der Waals surface area contributed by atoms with Gasteiger partial charge >= 0.3 is 5.97 Å². The smallest absolute Gasteiger partial charge is 0.307 e. The number of hydrogen-bond donors (Lipinski definition) is 1.